The molecule has 2 N–H and O–H groups in total. The summed E-state index contributed by atoms with van der Waals surface area (Å²) in [5.74, 6) is 0.281. The van der Waals surface area contributed by atoms with Gasteiger partial charge in [-0.2, -0.15) is 0 Å². The normalized spacial score (nSPS) is 11.0. The van der Waals surface area contributed by atoms with Crippen molar-refractivity contribution in [3.05, 3.63) is 65.9 Å². The Bertz CT molecular complexity index is 698. The van der Waals surface area contributed by atoms with Gasteiger partial charge in [-0.1, -0.05) is 24.3 Å². The van der Waals surface area contributed by atoms with E-state index in [1.54, 1.807) is 12.1 Å². The third kappa shape index (κ3) is 2.33. The molecule has 0 radical (unpaired) electrons. The fraction of sp³-hybridized carbons (Fsp3) is 0.125. The Balaban J connectivity index is 1.98. The monoisotopic (exact) mass is 253 g/mol. The van der Waals surface area contributed by atoms with Crippen LogP contribution >= 0.6 is 0 Å². The molecule has 0 spiro atoms. The highest BCUT2D eigenvalue weighted by molar-refractivity contribution is 5.80. The van der Waals surface area contributed by atoms with E-state index in [0.717, 1.165) is 28.6 Å². The standard InChI is InChI=1S/C16H15NO2/c18-11-13-1-4-14-7-8-17(16(14)9-13)10-12-2-5-15(19)6-3-12/h1-9,18-19H,10-11H2. The molecule has 96 valence electrons. The molecule has 0 saturated carbocycles. The summed E-state index contributed by atoms with van der Waals surface area (Å²) >= 11 is 0. The van der Waals surface area contributed by atoms with Crippen molar-refractivity contribution < 1.29 is 10.2 Å². The van der Waals surface area contributed by atoms with Crippen molar-refractivity contribution in [2.45, 2.75) is 13.2 Å². The van der Waals surface area contributed by atoms with Gasteiger partial charge in [0.15, 0.2) is 0 Å². The maximum Gasteiger partial charge on any atom is 0.115 e. The van der Waals surface area contributed by atoms with Crippen molar-refractivity contribution in [3.63, 3.8) is 0 Å². The molecule has 0 atom stereocenters. The fourth-order valence-corrected chi connectivity index (χ4v) is 2.26. The van der Waals surface area contributed by atoms with E-state index in [4.69, 9.17) is 0 Å². The molecular weight excluding hydrogens is 238 g/mol. The highest BCUT2D eigenvalue weighted by atomic mass is 16.3. The Morgan fingerprint density at radius 2 is 1.63 bits per heavy atom. The number of phenolic OH excluding ortho intramolecular Hbond substituents is 1. The van der Waals surface area contributed by atoms with Gasteiger partial charge in [0, 0.05) is 18.3 Å². The summed E-state index contributed by atoms with van der Waals surface area (Å²) in [6.45, 7) is 0.805. The van der Waals surface area contributed by atoms with Crippen LogP contribution in [0.4, 0.5) is 0 Å². The molecule has 0 aliphatic rings. The average molecular weight is 253 g/mol. The minimum atomic E-state index is 0.0559. The number of aromatic hydroxyl groups is 1. The molecule has 0 saturated heterocycles. The molecule has 3 nitrogen and oxygen atoms in total. The van der Waals surface area contributed by atoms with Crippen molar-refractivity contribution in [1.82, 2.24) is 4.57 Å². The molecule has 3 aromatic rings. The lowest BCUT2D eigenvalue weighted by atomic mass is 10.1. The summed E-state index contributed by atoms with van der Waals surface area (Å²) in [4.78, 5) is 0. The lowest BCUT2D eigenvalue weighted by Gasteiger charge is -2.07. The van der Waals surface area contributed by atoms with Gasteiger partial charge < -0.3 is 14.8 Å². The molecule has 0 unspecified atom stereocenters. The third-order valence-electron chi connectivity index (χ3n) is 3.31. The van der Waals surface area contributed by atoms with Gasteiger partial charge in [-0.05, 0) is 40.8 Å². The molecule has 0 fully saturated rings. The number of benzene rings is 2. The summed E-state index contributed by atoms with van der Waals surface area (Å²) < 4.78 is 2.14. The Morgan fingerprint density at radius 1 is 0.895 bits per heavy atom. The number of phenols is 1. The predicted octanol–water partition coefficient (Wildman–Crippen LogP) is 2.89. The first-order valence-corrected chi connectivity index (χ1v) is 6.23. The van der Waals surface area contributed by atoms with E-state index in [-0.39, 0.29) is 12.4 Å². The first-order chi connectivity index (χ1) is 9.26. The molecule has 1 aromatic heterocycles. The fourth-order valence-electron chi connectivity index (χ4n) is 2.26. The van der Waals surface area contributed by atoms with E-state index in [1.165, 1.54) is 0 Å². The number of aliphatic hydroxyl groups is 1. The van der Waals surface area contributed by atoms with Crippen LogP contribution in [0.5, 0.6) is 5.75 Å². The van der Waals surface area contributed by atoms with Gasteiger partial charge in [-0.3, -0.25) is 0 Å². The van der Waals surface area contributed by atoms with Crippen LogP contribution in [0.3, 0.4) is 0 Å². The number of aliphatic hydroxyl groups excluding tert-OH is 1. The lowest BCUT2D eigenvalue weighted by molar-refractivity contribution is 0.282. The minimum absolute atomic E-state index is 0.0559. The lowest BCUT2D eigenvalue weighted by Crippen LogP contribution is -1.98. The first-order valence-electron chi connectivity index (χ1n) is 6.23. The SMILES string of the molecule is OCc1ccc2ccn(Cc3ccc(O)cc3)c2c1. The molecule has 19 heavy (non-hydrogen) atoms. The van der Waals surface area contributed by atoms with Crippen LogP contribution in [-0.2, 0) is 13.2 Å². The van der Waals surface area contributed by atoms with Gasteiger partial charge in [-0.25, -0.2) is 0 Å². The van der Waals surface area contributed by atoms with Crippen molar-refractivity contribution in [1.29, 1.82) is 0 Å². The van der Waals surface area contributed by atoms with Crippen molar-refractivity contribution in [2.75, 3.05) is 0 Å². The molecule has 0 amide bonds. The summed E-state index contributed by atoms with van der Waals surface area (Å²) in [5.41, 5.74) is 3.16. The van der Waals surface area contributed by atoms with E-state index >= 15 is 0 Å². The minimum Gasteiger partial charge on any atom is -0.508 e. The quantitative estimate of drug-likeness (QED) is 0.754. The van der Waals surface area contributed by atoms with E-state index in [9.17, 15) is 10.2 Å². The van der Waals surface area contributed by atoms with Crippen LogP contribution in [0.2, 0.25) is 0 Å². The number of nitrogens with zero attached hydrogens (tertiary/aromatic N) is 1. The van der Waals surface area contributed by atoms with E-state index in [2.05, 4.69) is 10.6 Å². The second-order valence-corrected chi connectivity index (χ2v) is 4.66. The zero-order chi connectivity index (χ0) is 13.2. The van der Waals surface area contributed by atoms with Crippen LogP contribution in [0, 0.1) is 0 Å². The first kappa shape index (κ1) is 11.8. The van der Waals surface area contributed by atoms with Crippen LogP contribution < -0.4 is 0 Å². The Morgan fingerprint density at radius 3 is 2.37 bits per heavy atom. The molecule has 0 bridgehead atoms. The maximum absolute atomic E-state index is 9.29. The van der Waals surface area contributed by atoms with E-state index < -0.39 is 0 Å². The molecule has 2 aromatic carbocycles. The predicted molar refractivity (Wildman–Crippen MR) is 75.1 cm³/mol. The van der Waals surface area contributed by atoms with Crippen LogP contribution in [0.1, 0.15) is 11.1 Å². The number of rotatable bonds is 3. The Hall–Kier alpha value is -2.26. The summed E-state index contributed by atoms with van der Waals surface area (Å²) in [6, 6.07) is 15.3. The topological polar surface area (TPSA) is 45.4 Å². The molecule has 1 heterocycles. The molecule has 0 aliphatic heterocycles. The smallest absolute Gasteiger partial charge is 0.115 e. The molecule has 3 heteroatoms. The van der Waals surface area contributed by atoms with Gasteiger partial charge in [-0.15, -0.1) is 0 Å². The van der Waals surface area contributed by atoms with Gasteiger partial charge in [0.2, 0.25) is 0 Å². The largest absolute Gasteiger partial charge is 0.508 e. The third-order valence-corrected chi connectivity index (χ3v) is 3.31. The van der Waals surface area contributed by atoms with Crippen molar-refractivity contribution in [2.24, 2.45) is 0 Å². The van der Waals surface area contributed by atoms with E-state index in [1.807, 2.05) is 36.5 Å². The number of aromatic nitrogens is 1. The summed E-state index contributed by atoms with van der Waals surface area (Å²) in [7, 11) is 0. The summed E-state index contributed by atoms with van der Waals surface area (Å²) in [6.07, 6.45) is 2.04. The summed E-state index contributed by atoms with van der Waals surface area (Å²) in [5, 5.41) is 19.7. The van der Waals surface area contributed by atoms with Gasteiger partial charge in [0.1, 0.15) is 5.75 Å². The molecule has 0 aliphatic carbocycles. The van der Waals surface area contributed by atoms with Gasteiger partial charge >= 0.3 is 0 Å². The van der Waals surface area contributed by atoms with Crippen molar-refractivity contribution in [3.8, 4) is 5.75 Å². The number of hydrogen-bond donors (Lipinski definition) is 2. The maximum atomic E-state index is 9.29. The van der Waals surface area contributed by atoms with Gasteiger partial charge in [0.25, 0.3) is 0 Å². The molecule has 3 rings (SSSR count). The Kier molecular flexibility index (Phi) is 2.97. The Labute approximate surface area is 111 Å². The van der Waals surface area contributed by atoms with Crippen LogP contribution in [0.25, 0.3) is 10.9 Å². The molecular formula is C16H15NO2. The highest BCUT2D eigenvalue weighted by Crippen LogP contribution is 2.20. The van der Waals surface area contributed by atoms with Crippen LogP contribution in [-0.4, -0.2) is 14.8 Å². The average Bonchev–Trinajstić information content (AvgIpc) is 2.84. The van der Waals surface area contributed by atoms with Crippen molar-refractivity contribution >= 4 is 10.9 Å². The van der Waals surface area contributed by atoms with E-state index in [0.29, 0.717) is 0 Å². The second kappa shape index (κ2) is 4.78. The zero-order valence-electron chi connectivity index (χ0n) is 10.5. The van der Waals surface area contributed by atoms with Gasteiger partial charge in [0.05, 0.1) is 6.61 Å². The van der Waals surface area contributed by atoms with Crippen LogP contribution in [0.15, 0.2) is 54.7 Å². The zero-order valence-corrected chi connectivity index (χ0v) is 10.5. The second-order valence-electron chi connectivity index (χ2n) is 4.66. The number of hydrogen-bond acceptors (Lipinski definition) is 2. The highest BCUT2D eigenvalue weighted by Gasteiger charge is 2.03. The number of fused-ring (bicyclic) bond motifs is 1.